The molecule has 8 heteroatoms. The fourth-order valence-electron chi connectivity index (χ4n) is 5.24. The Balaban J connectivity index is 1.19. The summed E-state index contributed by atoms with van der Waals surface area (Å²) in [6.45, 7) is 1.18. The van der Waals surface area contributed by atoms with Crippen molar-refractivity contribution >= 4 is 12.0 Å². The molecular weight excluding hydrogens is 639 g/mol. The molecular formula is C42H40F3NO4. The lowest BCUT2D eigenvalue weighted by molar-refractivity contribution is -0.174. The van der Waals surface area contributed by atoms with Crippen molar-refractivity contribution in [1.82, 2.24) is 5.32 Å². The number of carbonyl (C=O) groups excluding carboxylic acids is 1. The summed E-state index contributed by atoms with van der Waals surface area (Å²) in [7, 11) is 0. The van der Waals surface area contributed by atoms with Gasteiger partial charge in [-0.05, 0) is 77.8 Å². The molecule has 0 aliphatic carbocycles. The van der Waals surface area contributed by atoms with Crippen LogP contribution in [0.3, 0.4) is 0 Å². The lowest BCUT2D eigenvalue weighted by Crippen LogP contribution is -2.43. The Kier molecular flexibility index (Phi) is 13.1. The van der Waals surface area contributed by atoms with Crippen LogP contribution in [0.5, 0.6) is 17.2 Å². The summed E-state index contributed by atoms with van der Waals surface area (Å²) in [5, 5.41) is 2.19. The van der Waals surface area contributed by atoms with Gasteiger partial charge in [0.1, 0.15) is 25.6 Å². The lowest BCUT2D eigenvalue weighted by Gasteiger charge is -2.19. The molecule has 0 heterocycles. The van der Waals surface area contributed by atoms with E-state index in [9.17, 15) is 18.0 Å². The molecule has 5 rings (SSSR count). The van der Waals surface area contributed by atoms with Gasteiger partial charge in [-0.15, -0.1) is 0 Å². The topological polar surface area (TPSA) is 56.8 Å². The molecule has 50 heavy (non-hydrogen) atoms. The number of ether oxygens (including phenoxy) is 3. The molecule has 5 aromatic rings. The minimum atomic E-state index is -4.95. The number of nitrogens with one attached hydrogen (secondary N) is 1. The largest absolute Gasteiger partial charge is 0.489 e. The van der Waals surface area contributed by atoms with E-state index >= 15 is 0 Å². The minimum absolute atomic E-state index is 0.340. The number of amides is 1. The van der Waals surface area contributed by atoms with Gasteiger partial charge >= 0.3 is 12.1 Å². The molecule has 0 saturated carbocycles. The molecule has 0 radical (unpaired) electrons. The Morgan fingerprint density at radius 3 is 1.72 bits per heavy atom. The highest BCUT2D eigenvalue weighted by Gasteiger charge is 2.39. The SMILES string of the molecule is O=C(NC(CC/C=C/c1ccc(OCc2ccccc2)c(OCc2ccccc2)c1)CCc1ccc(OCc2ccccc2)cc1)C(F)(F)F. The minimum Gasteiger partial charge on any atom is -0.489 e. The molecule has 0 bridgehead atoms. The summed E-state index contributed by atoms with van der Waals surface area (Å²) in [6.07, 6.45) is 0.489. The summed E-state index contributed by atoms with van der Waals surface area (Å²) in [6, 6.07) is 41.9. The average molecular weight is 680 g/mol. The van der Waals surface area contributed by atoms with Crippen molar-refractivity contribution in [3.8, 4) is 17.2 Å². The maximum Gasteiger partial charge on any atom is 0.471 e. The summed E-state index contributed by atoms with van der Waals surface area (Å²) in [5.74, 6) is -0.0390. The van der Waals surface area contributed by atoms with E-state index in [4.69, 9.17) is 14.2 Å². The van der Waals surface area contributed by atoms with Gasteiger partial charge in [-0.2, -0.15) is 13.2 Å². The van der Waals surface area contributed by atoms with Gasteiger partial charge in [0.05, 0.1) is 0 Å². The van der Waals surface area contributed by atoms with Gasteiger partial charge in [0, 0.05) is 6.04 Å². The van der Waals surface area contributed by atoms with Crippen LogP contribution in [-0.2, 0) is 31.0 Å². The summed E-state index contributed by atoms with van der Waals surface area (Å²) in [5.41, 5.74) is 4.89. The van der Waals surface area contributed by atoms with Gasteiger partial charge in [0.15, 0.2) is 11.5 Å². The number of allylic oxidation sites excluding steroid dienone is 1. The monoisotopic (exact) mass is 679 g/mol. The third kappa shape index (κ3) is 11.9. The van der Waals surface area contributed by atoms with Crippen molar-refractivity contribution in [1.29, 1.82) is 0 Å². The van der Waals surface area contributed by atoms with Crippen molar-refractivity contribution in [3.05, 3.63) is 167 Å². The number of aryl methyl sites for hydroxylation is 1. The molecule has 0 aromatic heterocycles. The first-order chi connectivity index (χ1) is 24.3. The summed E-state index contributed by atoms with van der Waals surface area (Å²) < 4.78 is 57.6. The van der Waals surface area contributed by atoms with Crippen LogP contribution in [0.15, 0.2) is 140 Å². The predicted octanol–water partition coefficient (Wildman–Crippen LogP) is 9.90. The van der Waals surface area contributed by atoms with E-state index in [0.717, 1.165) is 27.8 Å². The molecule has 1 unspecified atom stereocenters. The molecule has 1 amide bonds. The number of hydrogen-bond acceptors (Lipinski definition) is 4. The maximum atomic E-state index is 13.2. The van der Waals surface area contributed by atoms with Gasteiger partial charge in [0.25, 0.3) is 0 Å². The van der Waals surface area contributed by atoms with Crippen LogP contribution in [0.1, 0.15) is 47.1 Å². The van der Waals surface area contributed by atoms with E-state index in [2.05, 4.69) is 5.32 Å². The van der Waals surface area contributed by atoms with Gasteiger partial charge in [-0.3, -0.25) is 4.79 Å². The fraction of sp³-hybridized carbons (Fsp3) is 0.214. The number of rotatable bonds is 17. The highest BCUT2D eigenvalue weighted by atomic mass is 19.4. The zero-order valence-corrected chi connectivity index (χ0v) is 27.7. The number of alkyl halides is 3. The van der Waals surface area contributed by atoms with E-state index in [0.29, 0.717) is 62.8 Å². The standard InChI is InChI=1S/C42H40F3NO4/c43-42(44,45)41(47)46-37(24-20-32-21-25-38(26-22-32)48-29-34-13-4-1-5-14-34)19-11-10-12-33-23-27-39(49-30-35-15-6-2-7-16-35)40(28-33)50-31-36-17-8-3-9-18-36/h1-10,12-18,21-23,25-28,37H,11,19-20,24,29-31H2,(H,46,47)/b12-10+. The van der Waals surface area contributed by atoms with Crippen LogP contribution in [0.25, 0.3) is 6.08 Å². The van der Waals surface area contributed by atoms with E-state index in [-0.39, 0.29) is 0 Å². The predicted molar refractivity (Wildman–Crippen MR) is 190 cm³/mol. The quantitative estimate of drug-likeness (QED) is 0.106. The molecule has 0 aliphatic rings. The first kappa shape index (κ1) is 35.8. The Bertz CT molecular complexity index is 1780. The highest BCUT2D eigenvalue weighted by Crippen LogP contribution is 2.31. The Morgan fingerprint density at radius 2 is 1.16 bits per heavy atom. The zero-order chi connectivity index (χ0) is 35.0. The molecule has 0 saturated heterocycles. The van der Waals surface area contributed by atoms with E-state index in [1.807, 2.05) is 146 Å². The molecule has 5 nitrogen and oxygen atoms in total. The number of benzene rings is 5. The Morgan fingerprint density at radius 1 is 0.620 bits per heavy atom. The molecule has 258 valence electrons. The summed E-state index contributed by atoms with van der Waals surface area (Å²) in [4.78, 5) is 11.9. The second kappa shape index (κ2) is 18.3. The molecule has 1 N–H and O–H groups in total. The number of halogens is 3. The van der Waals surface area contributed by atoms with Gasteiger partial charge < -0.3 is 19.5 Å². The van der Waals surface area contributed by atoms with Crippen LogP contribution < -0.4 is 19.5 Å². The van der Waals surface area contributed by atoms with E-state index in [1.54, 1.807) is 0 Å². The van der Waals surface area contributed by atoms with Gasteiger partial charge in [-0.1, -0.05) is 121 Å². The third-order valence-electron chi connectivity index (χ3n) is 7.98. The Labute approximate surface area is 291 Å². The van der Waals surface area contributed by atoms with Gasteiger partial charge in [0.2, 0.25) is 0 Å². The van der Waals surface area contributed by atoms with Crippen molar-refractivity contribution in [2.75, 3.05) is 0 Å². The molecule has 5 aromatic carbocycles. The zero-order valence-electron chi connectivity index (χ0n) is 27.7. The van der Waals surface area contributed by atoms with Gasteiger partial charge in [-0.25, -0.2) is 0 Å². The first-order valence-corrected chi connectivity index (χ1v) is 16.6. The van der Waals surface area contributed by atoms with E-state index in [1.165, 1.54) is 0 Å². The molecule has 0 aliphatic heterocycles. The normalized spacial score (nSPS) is 12.0. The highest BCUT2D eigenvalue weighted by molar-refractivity contribution is 5.81. The summed E-state index contributed by atoms with van der Waals surface area (Å²) >= 11 is 0. The molecule has 0 spiro atoms. The van der Waals surface area contributed by atoms with Crippen molar-refractivity contribution in [2.24, 2.45) is 0 Å². The first-order valence-electron chi connectivity index (χ1n) is 16.6. The van der Waals surface area contributed by atoms with Crippen molar-refractivity contribution in [2.45, 2.75) is 57.7 Å². The van der Waals surface area contributed by atoms with Crippen LogP contribution >= 0.6 is 0 Å². The third-order valence-corrected chi connectivity index (χ3v) is 7.98. The average Bonchev–Trinajstić information content (AvgIpc) is 3.14. The number of carbonyl (C=O) groups is 1. The van der Waals surface area contributed by atoms with Crippen molar-refractivity contribution < 1.29 is 32.2 Å². The second-order valence-corrected chi connectivity index (χ2v) is 11.9. The van der Waals surface area contributed by atoms with Crippen LogP contribution in [-0.4, -0.2) is 18.1 Å². The molecule has 1 atom stereocenters. The van der Waals surface area contributed by atoms with Crippen LogP contribution in [0, 0.1) is 0 Å². The van der Waals surface area contributed by atoms with E-state index < -0.39 is 18.1 Å². The maximum absolute atomic E-state index is 13.2. The number of hydrogen-bond donors (Lipinski definition) is 1. The van der Waals surface area contributed by atoms with Crippen molar-refractivity contribution in [3.63, 3.8) is 0 Å². The lowest BCUT2D eigenvalue weighted by atomic mass is 10.0. The van der Waals surface area contributed by atoms with Crippen LogP contribution in [0.4, 0.5) is 13.2 Å². The smallest absolute Gasteiger partial charge is 0.471 e. The Hall–Kier alpha value is -5.50. The van der Waals surface area contributed by atoms with Crippen LogP contribution in [0.2, 0.25) is 0 Å². The molecule has 0 fully saturated rings. The second-order valence-electron chi connectivity index (χ2n) is 11.9. The fourth-order valence-corrected chi connectivity index (χ4v) is 5.24.